The van der Waals surface area contributed by atoms with Crippen molar-refractivity contribution in [2.24, 2.45) is 0 Å². The molecule has 4 aromatic rings. The van der Waals surface area contributed by atoms with Crippen LogP contribution in [0.1, 0.15) is 18.9 Å². The van der Waals surface area contributed by atoms with Crippen molar-refractivity contribution >= 4 is 23.1 Å². The quantitative estimate of drug-likeness (QED) is 0.342. The predicted molar refractivity (Wildman–Crippen MR) is 132 cm³/mol. The highest BCUT2D eigenvalue weighted by Crippen LogP contribution is 2.22. The Morgan fingerprint density at radius 3 is 2.33 bits per heavy atom. The lowest BCUT2D eigenvalue weighted by Crippen LogP contribution is -2.20. The number of ether oxygens (including phenoxy) is 1. The molecule has 0 aliphatic rings. The number of carbonyl (C=O) groups is 1. The van der Waals surface area contributed by atoms with Crippen LogP contribution in [0, 0.1) is 0 Å². The van der Waals surface area contributed by atoms with Crippen LogP contribution < -0.4 is 15.4 Å². The van der Waals surface area contributed by atoms with Crippen LogP contribution in [0.25, 0.3) is 11.3 Å². The number of nitrogens with one attached hydrogen (secondary N) is 2. The number of hydrogen-bond donors (Lipinski definition) is 2. The van der Waals surface area contributed by atoms with Gasteiger partial charge in [0.2, 0.25) is 0 Å². The maximum absolute atomic E-state index is 12.2. The van der Waals surface area contributed by atoms with Gasteiger partial charge in [-0.05, 0) is 48.4 Å². The van der Waals surface area contributed by atoms with E-state index in [4.69, 9.17) is 4.74 Å². The smallest absolute Gasteiger partial charge is 0.262 e. The molecule has 3 aromatic carbocycles. The molecule has 0 bridgehead atoms. The van der Waals surface area contributed by atoms with E-state index in [1.165, 1.54) is 11.9 Å². The van der Waals surface area contributed by atoms with Gasteiger partial charge in [0.1, 0.15) is 17.9 Å². The SMILES string of the molecule is CCCc1ccc(OCC(=O)Nc2ccc(Nc3cc(-c4ccccc4)ncn3)cc2)cc1. The summed E-state index contributed by atoms with van der Waals surface area (Å²) in [6.45, 7) is 2.10. The van der Waals surface area contributed by atoms with Gasteiger partial charge in [-0.25, -0.2) is 9.97 Å². The molecule has 0 radical (unpaired) electrons. The van der Waals surface area contributed by atoms with Crippen molar-refractivity contribution in [3.05, 3.63) is 96.8 Å². The number of nitrogens with zero attached hydrogens (tertiary/aromatic N) is 2. The van der Waals surface area contributed by atoms with E-state index in [0.29, 0.717) is 17.3 Å². The summed E-state index contributed by atoms with van der Waals surface area (Å²) in [4.78, 5) is 20.9. The summed E-state index contributed by atoms with van der Waals surface area (Å²) < 4.78 is 5.58. The van der Waals surface area contributed by atoms with Gasteiger partial charge >= 0.3 is 0 Å². The number of aromatic nitrogens is 2. The van der Waals surface area contributed by atoms with Gasteiger partial charge in [-0.1, -0.05) is 55.8 Å². The molecule has 4 rings (SSSR count). The first-order valence-electron chi connectivity index (χ1n) is 11.0. The Morgan fingerprint density at radius 1 is 0.879 bits per heavy atom. The topological polar surface area (TPSA) is 76.1 Å². The summed E-state index contributed by atoms with van der Waals surface area (Å²) >= 11 is 0. The van der Waals surface area contributed by atoms with E-state index in [1.807, 2.05) is 84.9 Å². The van der Waals surface area contributed by atoms with Crippen LogP contribution in [0.3, 0.4) is 0 Å². The molecule has 2 N–H and O–H groups in total. The normalized spacial score (nSPS) is 10.5. The van der Waals surface area contributed by atoms with Crippen LogP contribution in [0.5, 0.6) is 5.75 Å². The number of hydrogen-bond acceptors (Lipinski definition) is 5. The molecule has 33 heavy (non-hydrogen) atoms. The van der Waals surface area contributed by atoms with Crippen LogP contribution in [0.2, 0.25) is 0 Å². The number of amides is 1. The molecule has 0 spiro atoms. The lowest BCUT2D eigenvalue weighted by Gasteiger charge is -2.10. The second-order valence-electron chi connectivity index (χ2n) is 7.59. The number of carbonyl (C=O) groups excluding carboxylic acids is 1. The van der Waals surface area contributed by atoms with E-state index >= 15 is 0 Å². The summed E-state index contributed by atoms with van der Waals surface area (Å²) in [5.41, 5.74) is 4.69. The number of anilines is 3. The van der Waals surface area contributed by atoms with Crippen molar-refractivity contribution in [2.75, 3.05) is 17.2 Å². The Labute approximate surface area is 193 Å². The molecule has 1 heterocycles. The molecule has 1 aromatic heterocycles. The minimum Gasteiger partial charge on any atom is -0.484 e. The Kier molecular flexibility index (Phi) is 7.28. The van der Waals surface area contributed by atoms with Crippen LogP contribution in [-0.4, -0.2) is 22.5 Å². The maximum Gasteiger partial charge on any atom is 0.262 e. The molecule has 0 unspecified atom stereocenters. The highest BCUT2D eigenvalue weighted by molar-refractivity contribution is 5.92. The standard InChI is InChI=1S/C27H26N4O2/c1-2-6-20-9-15-24(16-10-20)33-18-27(32)31-23-13-11-22(12-14-23)30-26-17-25(28-19-29-26)21-7-4-3-5-8-21/h3-5,7-17,19H,2,6,18H2,1H3,(H,31,32)(H,28,29,30). The predicted octanol–water partition coefficient (Wildman–Crippen LogP) is 5.86. The Hall–Kier alpha value is -4.19. The number of rotatable bonds is 9. The van der Waals surface area contributed by atoms with Gasteiger partial charge in [0.05, 0.1) is 5.69 Å². The minimum atomic E-state index is -0.211. The molecule has 0 saturated heterocycles. The van der Waals surface area contributed by atoms with E-state index < -0.39 is 0 Å². The molecule has 0 saturated carbocycles. The van der Waals surface area contributed by atoms with E-state index in [0.717, 1.165) is 29.8 Å². The van der Waals surface area contributed by atoms with Crippen molar-refractivity contribution in [2.45, 2.75) is 19.8 Å². The summed E-state index contributed by atoms with van der Waals surface area (Å²) in [5, 5.41) is 6.11. The molecule has 166 valence electrons. The summed E-state index contributed by atoms with van der Waals surface area (Å²) in [6, 6.07) is 27.1. The summed E-state index contributed by atoms with van der Waals surface area (Å²) in [7, 11) is 0. The van der Waals surface area contributed by atoms with Crippen LogP contribution >= 0.6 is 0 Å². The average Bonchev–Trinajstić information content (AvgIpc) is 2.86. The zero-order valence-corrected chi connectivity index (χ0v) is 18.5. The fraction of sp³-hybridized carbons (Fsp3) is 0.148. The molecule has 6 heteroatoms. The van der Waals surface area contributed by atoms with Gasteiger partial charge in [0.25, 0.3) is 5.91 Å². The maximum atomic E-state index is 12.2. The third-order valence-corrected chi connectivity index (χ3v) is 5.01. The molecular formula is C27H26N4O2. The van der Waals surface area contributed by atoms with Gasteiger partial charge in [0.15, 0.2) is 6.61 Å². The Bertz CT molecular complexity index is 1180. The minimum absolute atomic E-state index is 0.0453. The summed E-state index contributed by atoms with van der Waals surface area (Å²) in [6.07, 6.45) is 3.68. The lowest BCUT2D eigenvalue weighted by molar-refractivity contribution is -0.118. The van der Waals surface area contributed by atoms with Crippen molar-refractivity contribution < 1.29 is 9.53 Å². The van der Waals surface area contributed by atoms with E-state index in [1.54, 1.807) is 0 Å². The average molecular weight is 439 g/mol. The monoisotopic (exact) mass is 438 g/mol. The van der Waals surface area contributed by atoms with Crippen molar-refractivity contribution in [3.63, 3.8) is 0 Å². The molecular weight excluding hydrogens is 412 g/mol. The first-order valence-corrected chi connectivity index (χ1v) is 11.0. The van der Waals surface area contributed by atoms with Crippen molar-refractivity contribution in [3.8, 4) is 17.0 Å². The van der Waals surface area contributed by atoms with Crippen LogP contribution in [0.15, 0.2) is 91.3 Å². The van der Waals surface area contributed by atoms with Gasteiger partial charge in [-0.2, -0.15) is 0 Å². The number of aryl methyl sites for hydroxylation is 1. The van der Waals surface area contributed by atoms with Gasteiger partial charge in [0, 0.05) is 23.0 Å². The summed E-state index contributed by atoms with van der Waals surface area (Å²) in [5.74, 6) is 1.17. The first-order chi connectivity index (χ1) is 16.2. The first kappa shape index (κ1) is 22.0. The van der Waals surface area contributed by atoms with Crippen molar-refractivity contribution in [1.29, 1.82) is 0 Å². The van der Waals surface area contributed by atoms with E-state index in [-0.39, 0.29) is 12.5 Å². The Morgan fingerprint density at radius 2 is 1.61 bits per heavy atom. The molecule has 1 amide bonds. The second-order valence-corrected chi connectivity index (χ2v) is 7.59. The zero-order valence-electron chi connectivity index (χ0n) is 18.5. The zero-order chi connectivity index (χ0) is 22.9. The third-order valence-electron chi connectivity index (χ3n) is 5.01. The molecule has 0 fully saturated rings. The molecule has 0 aliphatic heterocycles. The van der Waals surface area contributed by atoms with Crippen LogP contribution in [-0.2, 0) is 11.2 Å². The second kappa shape index (κ2) is 10.9. The van der Waals surface area contributed by atoms with Crippen molar-refractivity contribution in [1.82, 2.24) is 9.97 Å². The number of benzene rings is 3. The fourth-order valence-corrected chi connectivity index (χ4v) is 3.36. The third kappa shape index (κ3) is 6.40. The highest BCUT2D eigenvalue weighted by Gasteiger charge is 2.06. The fourth-order valence-electron chi connectivity index (χ4n) is 3.36. The van der Waals surface area contributed by atoms with Gasteiger partial charge in [-0.15, -0.1) is 0 Å². The molecule has 6 nitrogen and oxygen atoms in total. The van der Waals surface area contributed by atoms with Gasteiger partial charge < -0.3 is 15.4 Å². The largest absolute Gasteiger partial charge is 0.484 e. The van der Waals surface area contributed by atoms with E-state index in [2.05, 4.69) is 27.5 Å². The van der Waals surface area contributed by atoms with Crippen LogP contribution in [0.4, 0.5) is 17.2 Å². The molecule has 0 atom stereocenters. The van der Waals surface area contributed by atoms with E-state index in [9.17, 15) is 4.79 Å². The molecule has 0 aliphatic carbocycles. The van der Waals surface area contributed by atoms with Gasteiger partial charge in [-0.3, -0.25) is 4.79 Å². The Balaban J connectivity index is 1.30. The highest BCUT2D eigenvalue weighted by atomic mass is 16.5. The lowest BCUT2D eigenvalue weighted by atomic mass is 10.1.